The number of unbranched alkanes of at least 4 members (excludes halogenated alkanes) is 2. The topological polar surface area (TPSA) is 20.2 Å². The molecule has 108 valence electrons. The standard InChI is InChI=1S/C18H23FO/c1-2-3-6-11-18(19,12-13-20)17-10-9-15-7-4-5-8-16(15)14-17/h4-5,7-10,14,20H,2-3,6,11-13H2,1H3/t18-/m1/s1. The summed E-state index contributed by atoms with van der Waals surface area (Å²) in [5.41, 5.74) is -0.713. The Kier molecular flexibility index (Phi) is 5.13. The lowest BCUT2D eigenvalue weighted by atomic mass is 9.86. The van der Waals surface area contributed by atoms with E-state index in [-0.39, 0.29) is 13.0 Å². The summed E-state index contributed by atoms with van der Waals surface area (Å²) in [6.45, 7) is 2.00. The van der Waals surface area contributed by atoms with Gasteiger partial charge in [-0.05, 0) is 35.2 Å². The van der Waals surface area contributed by atoms with Gasteiger partial charge < -0.3 is 5.11 Å². The summed E-state index contributed by atoms with van der Waals surface area (Å²) < 4.78 is 15.2. The van der Waals surface area contributed by atoms with E-state index in [0.29, 0.717) is 12.0 Å². The zero-order valence-electron chi connectivity index (χ0n) is 12.1. The number of aliphatic hydroxyl groups is 1. The molecule has 0 radical (unpaired) electrons. The Morgan fingerprint density at radius 1 is 1.00 bits per heavy atom. The maximum Gasteiger partial charge on any atom is 0.138 e. The van der Waals surface area contributed by atoms with Crippen LogP contribution in [0.15, 0.2) is 42.5 Å². The van der Waals surface area contributed by atoms with Crippen LogP contribution in [0.3, 0.4) is 0 Å². The second-order valence-corrected chi connectivity index (χ2v) is 5.46. The molecule has 0 amide bonds. The summed E-state index contributed by atoms with van der Waals surface area (Å²) in [5, 5.41) is 11.4. The summed E-state index contributed by atoms with van der Waals surface area (Å²) in [6.07, 6.45) is 3.63. The summed E-state index contributed by atoms with van der Waals surface area (Å²) in [6, 6.07) is 13.7. The molecule has 0 spiro atoms. The number of hydrogen-bond donors (Lipinski definition) is 1. The van der Waals surface area contributed by atoms with E-state index in [1.54, 1.807) is 0 Å². The molecule has 0 saturated carbocycles. The quantitative estimate of drug-likeness (QED) is 0.707. The Labute approximate surface area is 120 Å². The fraction of sp³-hybridized carbons (Fsp3) is 0.444. The molecule has 20 heavy (non-hydrogen) atoms. The molecule has 2 heteroatoms. The largest absolute Gasteiger partial charge is 0.396 e. The molecule has 0 aliphatic carbocycles. The third kappa shape index (κ3) is 3.37. The highest BCUT2D eigenvalue weighted by Gasteiger charge is 2.30. The van der Waals surface area contributed by atoms with Gasteiger partial charge in [-0.2, -0.15) is 0 Å². The van der Waals surface area contributed by atoms with Crippen LogP contribution in [0.2, 0.25) is 0 Å². The van der Waals surface area contributed by atoms with E-state index in [0.717, 1.165) is 30.0 Å². The number of benzene rings is 2. The predicted molar refractivity (Wildman–Crippen MR) is 82.6 cm³/mol. The molecule has 2 aromatic carbocycles. The second-order valence-electron chi connectivity index (χ2n) is 5.46. The number of halogens is 1. The Morgan fingerprint density at radius 3 is 2.45 bits per heavy atom. The van der Waals surface area contributed by atoms with Crippen molar-refractivity contribution in [3.05, 3.63) is 48.0 Å². The van der Waals surface area contributed by atoms with Crippen molar-refractivity contribution in [1.82, 2.24) is 0 Å². The van der Waals surface area contributed by atoms with Gasteiger partial charge in [-0.1, -0.05) is 56.2 Å². The van der Waals surface area contributed by atoms with Crippen LogP contribution in [-0.2, 0) is 5.67 Å². The first kappa shape index (κ1) is 15.0. The number of aliphatic hydroxyl groups excluding tert-OH is 1. The third-order valence-corrected chi connectivity index (χ3v) is 3.95. The van der Waals surface area contributed by atoms with E-state index in [1.165, 1.54) is 0 Å². The van der Waals surface area contributed by atoms with Gasteiger partial charge in [0.05, 0.1) is 0 Å². The van der Waals surface area contributed by atoms with Crippen molar-refractivity contribution >= 4 is 10.8 Å². The molecule has 0 fully saturated rings. The van der Waals surface area contributed by atoms with Crippen molar-refractivity contribution in [2.75, 3.05) is 6.61 Å². The van der Waals surface area contributed by atoms with Gasteiger partial charge in [0.2, 0.25) is 0 Å². The molecular weight excluding hydrogens is 251 g/mol. The highest BCUT2D eigenvalue weighted by atomic mass is 19.1. The minimum atomic E-state index is -1.41. The van der Waals surface area contributed by atoms with Gasteiger partial charge in [0, 0.05) is 13.0 Å². The smallest absolute Gasteiger partial charge is 0.138 e. The van der Waals surface area contributed by atoms with Crippen LogP contribution in [0, 0.1) is 0 Å². The molecule has 1 N–H and O–H groups in total. The summed E-state index contributed by atoms with van der Waals surface area (Å²) in [7, 11) is 0. The van der Waals surface area contributed by atoms with Crippen LogP contribution in [0.1, 0.15) is 44.6 Å². The maximum absolute atomic E-state index is 15.2. The van der Waals surface area contributed by atoms with E-state index in [4.69, 9.17) is 0 Å². The number of rotatable bonds is 7. The first-order valence-electron chi connectivity index (χ1n) is 7.48. The molecule has 2 aromatic rings. The summed E-state index contributed by atoms with van der Waals surface area (Å²) in [4.78, 5) is 0. The molecule has 0 heterocycles. The van der Waals surface area contributed by atoms with Gasteiger partial charge in [-0.3, -0.25) is 0 Å². The van der Waals surface area contributed by atoms with Crippen molar-refractivity contribution in [2.45, 2.75) is 44.7 Å². The number of alkyl halides is 1. The van der Waals surface area contributed by atoms with Gasteiger partial charge in [0.15, 0.2) is 0 Å². The molecule has 0 aliphatic heterocycles. The molecule has 0 bridgehead atoms. The van der Waals surface area contributed by atoms with Crippen molar-refractivity contribution in [3.8, 4) is 0 Å². The Hall–Kier alpha value is -1.41. The van der Waals surface area contributed by atoms with E-state index in [1.807, 2.05) is 42.5 Å². The minimum Gasteiger partial charge on any atom is -0.396 e. The highest BCUT2D eigenvalue weighted by Crippen LogP contribution is 2.36. The molecule has 0 aromatic heterocycles. The zero-order chi connectivity index (χ0) is 14.4. The van der Waals surface area contributed by atoms with Crippen LogP contribution in [0.4, 0.5) is 4.39 Å². The third-order valence-electron chi connectivity index (χ3n) is 3.95. The van der Waals surface area contributed by atoms with E-state index in [2.05, 4.69) is 6.92 Å². The van der Waals surface area contributed by atoms with Crippen molar-refractivity contribution in [2.24, 2.45) is 0 Å². The van der Waals surface area contributed by atoms with Gasteiger partial charge in [0.1, 0.15) is 5.67 Å². The molecule has 2 rings (SSSR count). The molecule has 1 nitrogen and oxygen atoms in total. The normalized spacial score (nSPS) is 14.3. The molecule has 0 saturated heterocycles. The first-order chi connectivity index (χ1) is 9.69. The van der Waals surface area contributed by atoms with Crippen LogP contribution >= 0.6 is 0 Å². The lowest BCUT2D eigenvalue weighted by Gasteiger charge is -2.25. The van der Waals surface area contributed by atoms with E-state index >= 15 is 4.39 Å². The SMILES string of the molecule is CCCCC[C@@](F)(CCO)c1ccc2ccccc2c1. The Balaban J connectivity index is 2.29. The highest BCUT2D eigenvalue weighted by molar-refractivity contribution is 5.83. The number of hydrogen-bond acceptors (Lipinski definition) is 1. The fourth-order valence-corrected chi connectivity index (χ4v) is 2.71. The first-order valence-corrected chi connectivity index (χ1v) is 7.48. The maximum atomic E-state index is 15.2. The van der Waals surface area contributed by atoms with Gasteiger partial charge in [0.25, 0.3) is 0 Å². The lowest BCUT2D eigenvalue weighted by molar-refractivity contribution is 0.0997. The van der Waals surface area contributed by atoms with Gasteiger partial charge in [-0.15, -0.1) is 0 Å². The minimum absolute atomic E-state index is 0.116. The molecular formula is C18H23FO. The number of fused-ring (bicyclic) bond motifs is 1. The van der Waals surface area contributed by atoms with Gasteiger partial charge in [-0.25, -0.2) is 4.39 Å². The summed E-state index contributed by atoms with van der Waals surface area (Å²) in [5.74, 6) is 0. The monoisotopic (exact) mass is 274 g/mol. The average Bonchev–Trinajstić information content (AvgIpc) is 2.47. The van der Waals surface area contributed by atoms with Gasteiger partial charge >= 0.3 is 0 Å². The fourth-order valence-electron chi connectivity index (χ4n) is 2.71. The van der Waals surface area contributed by atoms with Crippen LogP contribution < -0.4 is 0 Å². The van der Waals surface area contributed by atoms with Crippen LogP contribution in [0.25, 0.3) is 10.8 Å². The molecule has 0 aliphatic rings. The average molecular weight is 274 g/mol. The molecule has 0 unspecified atom stereocenters. The van der Waals surface area contributed by atoms with Crippen molar-refractivity contribution in [3.63, 3.8) is 0 Å². The predicted octanol–water partition coefficient (Wildman–Crippen LogP) is 4.97. The van der Waals surface area contributed by atoms with E-state index in [9.17, 15) is 5.11 Å². The Bertz CT molecular complexity index is 552. The molecule has 1 atom stereocenters. The van der Waals surface area contributed by atoms with Crippen LogP contribution in [-0.4, -0.2) is 11.7 Å². The lowest BCUT2D eigenvalue weighted by Crippen LogP contribution is -2.21. The Morgan fingerprint density at radius 2 is 1.75 bits per heavy atom. The second kappa shape index (κ2) is 6.85. The van der Waals surface area contributed by atoms with E-state index < -0.39 is 5.67 Å². The van der Waals surface area contributed by atoms with Crippen LogP contribution in [0.5, 0.6) is 0 Å². The van der Waals surface area contributed by atoms with Crippen molar-refractivity contribution in [1.29, 1.82) is 0 Å². The van der Waals surface area contributed by atoms with Crippen molar-refractivity contribution < 1.29 is 9.50 Å². The summed E-state index contributed by atoms with van der Waals surface area (Å²) >= 11 is 0. The zero-order valence-corrected chi connectivity index (χ0v) is 12.1.